The molecule has 0 fully saturated rings. The molecule has 0 saturated heterocycles. The van der Waals surface area contributed by atoms with Crippen LogP contribution in [0.3, 0.4) is 0 Å². The largest absolute Gasteiger partial charge is 0.497 e. The van der Waals surface area contributed by atoms with Gasteiger partial charge >= 0.3 is 0 Å². The number of nitro benzene ring substituents is 1. The summed E-state index contributed by atoms with van der Waals surface area (Å²) in [4.78, 5) is 10.3. The molecule has 0 radical (unpaired) electrons. The second kappa shape index (κ2) is 5.75. The van der Waals surface area contributed by atoms with Crippen molar-refractivity contribution in [3.63, 3.8) is 0 Å². The molecule has 0 bridgehead atoms. The third-order valence-corrected chi connectivity index (χ3v) is 2.06. The Hall–Kier alpha value is -2.04. The molecule has 0 aliphatic carbocycles. The van der Waals surface area contributed by atoms with Crippen molar-refractivity contribution in [3.8, 4) is 5.75 Å². The predicted molar refractivity (Wildman–Crippen MR) is 63.0 cm³/mol. The number of nitrogens with one attached hydrogen (secondary N) is 1. The number of anilines is 1. The minimum atomic E-state index is -0.421. The maximum atomic E-state index is 10.8. The van der Waals surface area contributed by atoms with Gasteiger partial charge in [-0.25, -0.2) is 0 Å². The average Bonchev–Trinajstić information content (AvgIpc) is 2.29. The topological polar surface area (TPSA) is 64.4 Å². The summed E-state index contributed by atoms with van der Waals surface area (Å²) in [5, 5.41) is 13.7. The van der Waals surface area contributed by atoms with E-state index in [1.807, 2.05) is 0 Å². The number of rotatable bonds is 6. The van der Waals surface area contributed by atoms with E-state index in [-0.39, 0.29) is 5.69 Å². The Bertz CT molecular complexity index is 391. The zero-order valence-electron chi connectivity index (χ0n) is 9.10. The highest BCUT2D eigenvalue weighted by atomic mass is 16.6. The molecule has 0 unspecified atom stereocenters. The summed E-state index contributed by atoms with van der Waals surface area (Å²) in [5.41, 5.74) is 0.510. The van der Waals surface area contributed by atoms with Crippen molar-refractivity contribution in [2.75, 3.05) is 19.0 Å². The molecule has 0 saturated carbocycles. The summed E-state index contributed by atoms with van der Waals surface area (Å²) < 4.78 is 5.01. The second-order valence-corrected chi connectivity index (χ2v) is 3.14. The Kier molecular flexibility index (Phi) is 4.32. The van der Waals surface area contributed by atoms with Crippen LogP contribution >= 0.6 is 0 Å². The molecule has 0 amide bonds. The van der Waals surface area contributed by atoms with E-state index in [9.17, 15) is 10.1 Å². The van der Waals surface area contributed by atoms with Gasteiger partial charge in [0.2, 0.25) is 0 Å². The molecule has 5 nitrogen and oxygen atoms in total. The van der Waals surface area contributed by atoms with Crippen LogP contribution in [0.1, 0.15) is 6.42 Å². The standard InChI is InChI=1S/C11H14N2O3/c1-3-4-7-12-10-8-9(16-2)5-6-11(10)13(14)15/h3,5-6,8,12H,1,4,7H2,2H3. The van der Waals surface area contributed by atoms with Crippen LogP contribution in [-0.2, 0) is 0 Å². The van der Waals surface area contributed by atoms with Gasteiger partial charge in [-0.1, -0.05) is 6.08 Å². The third-order valence-electron chi connectivity index (χ3n) is 2.06. The first-order valence-corrected chi connectivity index (χ1v) is 4.86. The summed E-state index contributed by atoms with van der Waals surface area (Å²) in [6, 6.07) is 4.60. The first-order valence-electron chi connectivity index (χ1n) is 4.86. The van der Waals surface area contributed by atoms with Gasteiger partial charge < -0.3 is 10.1 Å². The molecule has 0 heterocycles. The molecule has 1 N–H and O–H groups in total. The number of methoxy groups -OCH3 is 1. The van der Waals surface area contributed by atoms with Gasteiger partial charge in [-0.3, -0.25) is 10.1 Å². The van der Waals surface area contributed by atoms with E-state index in [2.05, 4.69) is 11.9 Å². The maximum absolute atomic E-state index is 10.8. The number of nitro groups is 1. The maximum Gasteiger partial charge on any atom is 0.292 e. The summed E-state index contributed by atoms with van der Waals surface area (Å²) in [6.07, 6.45) is 2.49. The molecule has 0 spiro atoms. The lowest BCUT2D eigenvalue weighted by Gasteiger charge is -2.07. The number of ether oxygens (including phenoxy) is 1. The highest BCUT2D eigenvalue weighted by Gasteiger charge is 2.13. The van der Waals surface area contributed by atoms with Crippen molar-refractivity contribution in [2.24, 2.45) is 0 Å². The van der Waals surface area contributed by atoms with Crippen molar-refractivity contribution in [3.05, 3.63) is 41.0 Å². The fraction of sp³-hybridized carbons (Fsp3) is 0.273. The van der Waals surface area contributed by atoms with Gasteiger partial charge in [0.1, 0.15) is 11.4 Å². The highest BCUT2D eigenvalue weighted by Crippen LogP contribution is 2.28. The summed E-state index contributed by atoms with van der Waals surface area (Å²) in [7, 11) is 1.52. The first kappa shape index (κ1) is 12.0. The second-order valence-electron chi connectivity index (χ2n) is 3.14. The number of hydrogen-bond donors (Lipinski definition) is 1. The Morgan fingerprint density at radius 1 is 1.62 bits per heavy atom. The van der Waals surface area contributed by atoms with Crippen molar-refractivity contribution in [1.29, 1.82) is 0 Å². The summed E-state index contributed by atoms with van der Waals surface area (Å²) in [5.74, 6) is 0.590. The zero-order chi connectivity index (χ0) is 12.0. The van der Waals surface area contributed by atoms with Crippen molar-refractivity contribution in [1.82, 2.24) is 0 Å². The van der Waals surface area contributed by atoms with Crippen molar-refractivity contribution < 1.29 is 9.66 Å². The highest BCUT2D eigenvalue weighted by molar-refractivity contribution is 5.64. The lowest BCUT2D eigenvalue weighted by molar-refractivity contribution is -0.384. The van der Waals surface area contributed by atoms with E-state index < -0.39 is 4.92 Å². The quantitative estimate of drug-likeness (QED) is 0.348. The molecule has 0 aromatic heterocycles. The minimum absolute atomic E-state index is 0.0462. The molecule has 0 atom stereocenters. The van der Waals surface area contributed by atoms with Crippen LogP contribution in [0.25, 0.3) is 0 Å². The lowest BCUT2D eigenvalue weighted by atomic mass is 10.2. The number of benzene rings is 1. The molecular formula is C11H14N2O3. The van der Waals surface area contributed by atoms with Gasteiger partial charge in [0.05, 0.1) is 12.0 Å². The molecule has 5 heteroatoms. The van der Waals surface area contributed by atoms with Crippen LogP contribution in [0.4, 0.5) is 11.4 Å². The third kappa shape index (κ3) is 2.98. The van der Waals surface area contributed by atoms with E-state index in [4.69, 9.17) is 4.74 Å². The van der Waals surface area contributed by atoms with E-state index in [0.29, 0.717) is 18.0 Å². The Labute approximate surface area is 93.9 Å². The van der Waals surface area contributed by atoms with E-state index >= 15 is 0 Å². The van der Waals surface area contributed by atoms with Crippen LogP contribution in [0, 0.1) is 10.1 Å². The Balaban J connectivity index is 2.91. The number of hydrogen-bond acceptors (Lipinski definition) is 4. The molecule has 16 heavy (non-hydrogen) atoms. The van der Waals surface area contributed by atoms with Gasteiger partial charge in [0, 0.05) is 18.7 Å². The Morgan fingerprint density at radius 2 is 2.38 bits per heavy atom. The molecule has 86 valence electrons. The summed E-state index contributed by atoms with van der Waals surface area (Å²) >= 11 is 0. The zero-order valence-corrected chi connectivity index (χ0v) is 9.10. The van der Waals surface area contributed by atoms with Crippen molar-refractivity contribution >= 4 is 11.4 Å². The Morgan fingerprint density at radius 3 is 2.94 bits per heavy atom. The predicted octanol–water partition coefficient (Wildman–Crippen LogP) is 2.59. The molecule has 0 aliphatic rings. The molecule has 1 aromatic rings. The summed E-state index contributed by atoms with van der Waals surface area (Å²) in [6.45, 7) is 4.19. The van der Waals surface area contributed by atoms with E-state index in [1.165, 1.54) is 13.2 Å². The van der Waals surface area contributed by atoms with Gasteiger partial charge in [-0.05, 0) is 12.5 Å². The van der Waals surface area contributed by atoms with Crippen LogP contribution in [0.2, 0.25) is 0 Å². The van der Waals surface area contributed by atoms with Gasteiger partial charge in [-0.15, -0.1) is 6.58 Å². The SMILES string of the molecule is C=CCCNc1cc(OC)ccc1[N+](=O)[O-]. The lowest BCUT2D eigenvalue weighted by Crippen LogP contribution is -2.03. The molecular weight excluding hydrogens is 208 g/mol. The monoisotopic (exact) mass is 222 g/mol. The van der Waals surface area contributed by atoms with Crippen LogP contribution in [-0.4, -0.2) is 18.6 Å². The van der Waals surface area contributed by atoms with Crippen LogP contribution in [0.5, 0.6) is 5.75 Å². The normalized spacial score (nSPS) is 9.56. The van der Waals surface area contributed by atoms with Crippen LogP contribution < -0.4 is 10.1 Å². The molecule has 1 rings (SSSR count). The molecule has 1 aromatic carbocycles. The van der Waals surface area contributed by atoms with Gasteiger partial charge in [0.25, 0.3) is 5.69 Å². The van der Waals surface area contributed by atoms with Crippen LogP contribution in [0.15, 0.2) is 30.9 Å². The van der Waals surface area contributed by atoms with Gasteiger partial charge in [-0.2, -0.15) is 0 Å². The van der Waals surface area contributed by atoms with E-state index in [1.54, 1.807) is 18.2 Å². The molecule has 0 aliphatic heterocycles. The average molecular weight is 222 g/mol. The minimum Gasteiger partial charge on any atom is -0.497 e. The van der Waals surface area contributed by atoms with Crippen molar-refractivity contribution in [2.45, 2.75) is 6.42 Å². The first-order chi connectivity index (χ1) is 7.69. The van der Waals surface area contributed by atoms with Gasteiger partial charge in [0.15, 0.2) is 0 Å². The van der Waals surface area contributed by atoms with E-state index in [0.717, 1.165) is 6.42 Å². The fourth-order valence-corrected chi connectivity index (χ4v) is 1.25. The number of nitrogens with zero attached hydrogens (tertiary/aromatic N) is 1. The fourth-order valence-electron chi connectivity index (χ4n) is 1.25. The smallest absolute Gasteiger partial charge is 0.292 e.